The number of nitrogens with one attached hydrogen (secondary N) is 1. The van der Waals surface area contributed by atoms with Crippen LogP contribution in [0.1, 0.15) is 5.56 Å². The first-order valence-corrected chi connectivity index (χ1v) is 7.25. The molecule has 0 radical (unpaired) electrons. The number of amides is 1. The summed E-state index contributed by atoms with van der Waals surface area (Å²) >= 11 is 5.98. The fourth-order valence-corrected chi connectivity index (χ4v) is 2.60. The highest BCUT2D eigenvalue weighted by molar-refractivity contribution is 6.30. The van der Waals surface area contributed by atoms with Gasteiger partial charge in [0.2, 0.25) is 5.91 Å². The second-order valence-corrected chi connectivity index (χ2v) is 5.49. The van der Waals surface area contributed by atoms with Crippen LogP contribution in [0.2, 0.25) is 5.02 Å². The minimum atomic E-state index is -0.168. The van der Waals surface area contributed by atoms with Gasteiger partial charge in [0.15, 0.2) is 0 Å². The lowest BCUT2D eigenvalue weighted by Gasteiger charge is -2.24. The minimum absolute atomic E-state index is 0.0146. The number of nitrogens with zero attached hydrogens (tertiary/aromatic N) is 2. The Morgan fingerprint density at radius 3 is 3.24 bits per heavy atom. The Bertz CT molecular complexity index is 628. The molecule has 5 nitrogen and oxygen atoms in total. The van der Waals surface area contributed by atoms with Crippen LogP contribution in [0.15, 0.2) is 36.9 Å². The Hall–Kier alpha value is -2.01. The number of ether oxygens (including phenoxy) is 1. The van der Waals surface area contributed by atoms with Crippen molar-refractivity contribution < 1.29 is 9.53 Å². The average Bonchev–Trinajstić information content (AvgIpc) is 2.99. The molecule has 1 atom stereocenters. The van der Waals surface area contributed by atoms with E-state index in [1.54, 1.807) is 18.6 Å². The van der Waals surface area contributed by atoms with Gasteiger partial charge in [0.1, 0.15) is 12.4 Å². The summed E-state index contributed by atoms with van der Waals surface area (Å²) in [5.74, 6) is 0.668. The molecule has 0 fully saturated rings. The number of carbonyl (C=O) groups is 1. The maximum absolute atomic E-state index is 12.2. The molecule has 0 spiro atoms. The highest BCUT2D eigenvalue weighted by Gasteiger charge is 2.25. The molecule has 1 N–H and O–H groups in total. The highest BCUT2D eigenvalue weighted by atomic mass is 35.5. The van der Waals surface area contributed by atoms with Crippen molar-refractivity contribution in [1.29, 1.82) is 0 Å². The predicted molar refractivity (Wildman–Crippen MR) is 79.4 cm³/mol. The molecular formula is C15H16ClN3O2. The van der Waals surface area contributed by atoms with Crippen LogP contribution in [-0.2, 0) is 17.8 Å². The summed E-state index contributed by atoms with van der Waals surface area (Å²) in [5, 5.41) is 3.60. The Kier molecular flexibility index (Phi) is 4.10. The fourth-order valence-electron chi connectivity index (χ4n) is 2.40. The lowest BCUT2D eigenvalue weighted by Crippen LogP contribution is -2.38. The van der Waals surface area contributed by atoms with Crippen molar-refractivity contribution in [1.82, 2.24) is 14.9 Å². The Morgan fingerprint density at radius 2 is 2.43 bits per heavy atom. The van der Waals surface area contributed by atoms with E-state index in [-0.39, 0.29) is 11.8 Å². The second-order valence-electron chi connectivity index (χ2n) is 5.06. The number of carbonyl (C=O) groups excluding carboxylic acids is 1. The van der Waals surface area contributed by atoms with Crippen molar-refractivity contribution in [3.8, 4) is 5.75 Å². The molecule has 2 aromatic rings. The monoisotopic (exact) mass is 305 g/mol. The van der Waals surface area contributed by atoms with E-state index in [1.165, 1.54) is 0 Å². The van der Waals surface area contributed by atoms with Crippen LogP contribution in [0.4, 0.5) is 0 Å². The molecule has 1 aromatic heterocycles. The highest BCUT2D eigenvalue weighted by Crippen LogP contribution is 2.29. The van der Waals surface area contributed by atoms with Crippen LogP contribution in [-0.4, -0.2) is 28.6 Å². The molecule has 0 saturated carbocycles. The number of halogens is 1. The van der Waals surface area contributed by atoms with Gasteiger partial charge in [-0.05, 0) is 30.2 Å². The molecule has 0 aliphatic carbocycles. The van der Waals surface area contributed by atoms with E-state index in [0.717, 1.165) is 11.3 Å². The maximum Gasteiger partial charge on any atom is 0.226 e. The van der Waals surface area contributed by atoms with Gasteiger partial charge in [0, 0.05) is 30.5 Å². The number of hydrogen-bond donors (Lipinski definition) is 1. The topological polar surface area (TPSA) is 56.2 Å². The van der Waals surface area contributed by atoms with E-state index in [4.69, 9.17) is 16.3 Å². The summed E-state index contributed by atoms with van der Waals surface area (Å²) in [4.78, 5) is 16.1. The molecule has 3 rings (SSSR count). The van der Waals surface area contributed by atoms with Crippen molar-refractivity contribution in [2.45, 2.75) is 13.0 Å². The van der Waals surface area contributed by atoms with Crippen molar-refractivity contribution in [3.63, 3.8) is 0 Å². The molecule has 110 valence electrons. The third-order valence-corrected chi connectivity index (χ3v) is 3.76. The van der Waals surface area contributed by atoms with Gasteiger partial charge in [0.25, 0.3) is 0 Å². The Labute approximate surface area is 127 Å². The van der Waals surface area contributed by atoms with Crippen LogP contribution in [0.3, 0.4) is 0 Å². The van der Waals surface area contributed by atoms with Crippen molar-refractivity contribution in [2.24, 2.45) is 5.92 Å². The lowest BCUT2D eigenvalue weighted by molar-refractivity contribution is -0.126. The number of benzene rings is 1. The molecule has 0 saturated heterocycles. The van der Waals surface area contributed by atoms with Crippen molar-refractivity contribution in [3.05, 3.63) is 47.5 Å². The molecule has 2 heterocycles. The summed E-state index contributed by atoms with van der Waals surface area (Å²) < 4.78 is 7.55. The minimum Gasteiger partial charge on any atom is -0.492 e. The quantitative estimate of drug-likeness (QED) is 0.938. The summed E-state index contributed by atoms with van der Waals surface area (Å²) in [6.45, 7) is 1.70. The van der Waals surface area contributed by atoms with E-state index in [1.807, 2.05) is 22.9 Å². The predicted octanol–water partition coefficient (Wildman–Crippen LogP) is 1.90. The van der Waals surface area contributed by atoms with Gasteiger partial charge < -0.3 is 14.6 Å². The number of fused-ring (bicyclic) bond motifs is 1. The van der Waals surface area contributed by atoms with Gasteiger partial charge in [-0.2, -0.15) is 0 Å². The van der Waals surface area contributed by atoms with Crippen molar-refractivity contribution in [2.75, 3.05) is 13.2 Å². The molecule has 1 aromatic carbocycles. The second kappa shape index (κ2) is 6.18. The standard InChI is InChI=1S/C15H16ClN3O2/c16-13-1-2-14-11(8-13)7-12(9-21-14)15(20)18-4-6-19-5-3-17-10-19/h1-3,5,8,10,12H,4,6-7,9H2,(H,18,20)/t12-/m1/s1. The van der Waals surface area contributed by atoms with Gasteiger partial charge in [-0.1, -0.05) is 11.6 Å². The van der Waals surface area contributed by atoms with E-state index in [2.05, 4.69) is 10.3 Å². The molecular weight excluding hydrogens is 290 g/mol. The number of rotatable bonds is 4. The van der Waals surface area contributed by atoms with Crippen LogP contribution in [0, 0.1) is 5.92 Å². The normalized spacial score (nSPS) is 16.9. The van der Waals surface area contributed by atoms with Crippen LogP contribution in [0.25, 0.3) is 0 Å². The Balaban J connectivity index is 1.54. The van der Waals surface area contributed by atoms with Gasteiger partial charge >= 0.3 is 0 Å². The summed E-state index contributed by atoms with van der Waals surface area (Å²) in [5.41, 5.74) is 0.989. The zero-order valence-corrected chi connectivity index (χ0v) is 12.2. The Morgan fingerprint density at radius 1 is 1.52 bits per heavy atom. The van der Waals surface area contributed by atoms with Gasteiger partial charge in [0.05, 0.1) is 12.2 Å². The number of hydrogen-bond acceptors (Lipinski definition) is 3. The molecule has 0 unspecified atom stereocenters. The summed E-state index contributed by atoms with van der Waals surface area (Å²) in [7, 11) is 0. The van der Waals surface area contributed by atoms with Crippen LogP contribution >= 0.6 is 11.6 Å². The van der Waals surface area contributed by atoms with Gasteiger partial charge in [-0.25, -0.2) is 4.98 Å². The smallest absolute Gasteiger partial charge is 0.226 e. The van der Waals surface area contributed by atoms with Crippen LogP contribution in [0.5, 0.6) is 5.75 Å². The zero-order valence-electron chi connectivity index (χ0n) is 11.5. The third-order valence-electron chi connectivity index (χ3n) is 3.53. The fraction of sp³-hybridized carbons (Fsp3) is 0.333. The third kappa shape index (κ3) is 3.36. The van der Waals surface area contributed by atoms with E-state index >= 15 is 0 Å². The first-order valence-electron chi connectivity index (χ1n) is 6.87. The van der Waals surface area contributed by atoms with E-state index in [9.17, 15) is 4.79 Å². The summed E-state index contributed by atoms with van der Waals surface area (Å²) in [6.07, 6.45) is 5.98. The summed E-state index contributed by atoms with van der Waals surface area (Å²) in [6, 6.07) is 5.51. The average molecular weight is 306 g/mol. The first-order chi connectivity index (χ1) is 10.2. The first kappa shape index (κ1) is 13.9. The number of imidazole rings is 1. The maximum atomic E-state index is 12.2. The molecule has 1 amide bonds. The SMILES string of the molecule is O=C(NCCn1ccnc1)[C@H]1COc2ccc(Cl)cc2C1. The zero-order chi connectivity index (χ0) is 14.7. The molecule has 1 aliphatic heterocycles. The van der Waals surface area contributed by atoms with Crippen molar-refractivity contribution >= 4 is 17.5 Å². The lowest BCUT2D eigenvalue weighted by atomic mass is 9.96. The van der Waals surface area contributed by atoms with E-state index < -0.39 is 0 Å². The number of aromatic nitrogens is 2. The molecule has 21 heavy (non-hydrogen) atoms. The van der Waals surface area contributed by atoms with Gasteiger partial charge in [-0.3, -0.25) is 4.79 Å². The van der Waals surface area contributed by atoms with E-state index in [0.29, 0.717) is 31.1 Å². The molecule has 1 aliphatic rings. The molecule has 0 bridgehead atoms. The molecule has 6 heteroatoms. The van der Waals surface area contributed by atoms with Gasteiger partial charge in [-0.15, -0.1) is 0 Å². The van der Waals surface area contributed by atoms with Crippen LogP contribution < -0.4 is 10.1 Å². The largest absolute Gasteiger partial charge is 0.492 e.